The fourth-order valence-electron chi connectivity index (χ4n) is 4.52. The first-order valence-electron chi connectivity index (χ1n) is 9.44. The molecule has 1 aromatic rings. The van der Waals surface area contributed by atoms with Crippen molar-refractivity contribution < 1.29 is 13.2 Å². The molecule has 2 saturated heterocycles. The first kappa shape index (κ1) is 18.2. The zero-order valence-electron chi connectivity index (χ0n) is 15.4. The van der Waals surface area contributed by atoms with E-state index in [-0.39, 0.29) is 12.1 Å². The third-order valence-electron chi connectivity index (χ3n) is 5.87. The molecule has 0 saturated carbocycles. The van der Waals surface area contributed by atoms with Crippen LogP contribution in [0.1, 0.15) is 31.9 Å². The Balaban J connectivity index is 1.45. The van der Waals surface area contributed by atoms with Gasteiger partial charge in [-0.15, -0.1) is 0 Å². The van der Waals surface area contributed by atoms with Crippen LogP contribution in [0.5, 0.6) is 5.75 Å². The Morgan fingerprint density at radius 3 is 2.38 bits per heavy atom. The van der Waals surface area contributed by atoms with E-state index in [1.54, 1.807) is 4.31 Å². The molecule has 0 aromatic heterocycles. The van der Waals surface area contributed by atoms with Gasteiger partial charge in [0, 0.05) is 56.3 Å². The number of para-hydroxylation sites is 1. The molecule has 0 bridgehead atoms. The molecule has 1 aromatic carbocycles. The van der Waals surface area contributed by atoms with Crippen molar-refractivity contribution in [3.05, 3.63) is 29.8 Å². The molecule has 3 heterocycles. The van der Waals surface area contributed by atoms with Gasteiger partial charge in [0.25, 0.3) is 0 Å². The summed E-state index contributed by atoms with van der Waals surface area (Å²) < 4.78 is 33.6. The van der Waals surface area contributed by atoms with E-state index >= 15 is 0 Å². The molecule has 2 N–H and O–H groups in total. The molecular weight excluding hydrogens is 352 g/mol. The van der Waals surface area contributed by atoms with Crippen molar-refractivity contribution in [2.45, 2.75) is 43.6 Å². The number of benzene rings is 1. The van der Waals surface area contributed by atoms with E-state index in [0.29, 0.717) is 25.7 Å². The highest BCUT2D eigenvalue weighted by Crippen LogP contribution is 2.36. The Morgan fingerprint density at radius 2 is 1.69 bits per heavy atom. The first-order chi connectivity index (χ1) is 12.5. The van der Waals surface area contributed by atoms with Crippen molar-refractivity contribution in [2.75, 3.05) is 32.8 Å². The van der Waals surface area contributed by atoms with Crippen molar-refractivity contribution in [3.63, 3.8) is 0 Å². The zero-order valence-corrected chi connectivity index (χ0v) is 16.2. The summed E-state index contributed by atoms with van der Waals surface area (Å²) in [5.41, 5.74) is 7.34. The van der Waals surface area contributed by atoms with Gasteiger partial charge in [-0.25, -0.2) is 8.42 Å². The van der Waals surface area contributed by atoms with Crippen LogP contribution in [-0.2, 0) is 10.0 Å². The Morgan fingerprint density at radius 1 is 1.04 bits per heavy atom. The minimum atomic E-state index is -3.32. The van der Waals surface area contributed by atoms with Crippen LogP contribution in [-0.4, -0.2) is 67.7 Å². The minimum absolute atomic E-state index is 0.0876. The second-order valence-electron chi connectivity index (χ2n) is 7.50. The number of hydrazine groups is 1. The molecule has 3 aliphatic rings. The summed E-state index contributed by atoms with van der Waals surface area (Å²) in [7, 11) is -3.32. The monoisotopic (exact) mass is 380 g/mol. The summed E-state index contributed by atoms with van der Waals surface area (Å²) in [5, 5.41) is -0.419. The summed E-state index contributed by atoms with van der Waals surface area (Å²) in [6.07, 6.45) is 0.953. The van der Waals surface area contributed by atoms with E-state index in [9.17, 15) is 8.42 Å². The van der Waals surface area contributed by atoms with Gasteiger partial charge in [-0.1, -0.05) is 18.2 Å². The predicted molar refractivity (Wildman–Crippen MR) is 100 cm³/mol. The van der Waals surface area contributed by atoms with Crippen LogP contribution in [0, 0.1) is 0 Å². The number of hydrogen-bond donors (Lipinski definition) is 2. The summed E-state index contributed by atoms with van der Waals surface area (Å²) in [5.74, 6) is 0.963. The summed E-state index contributed by atoms with van der Waals surface area (Å²) in [4.78, 5) is 2.41. The topological polar surface area (TPSA) is 73.9 Å². The molecule has 0 spiro atoms. The molecule has 3 atom stereocenters. The number of sulfonamides is 1. The average molecular weight is 381 g/mol. The number of hydrogen-bond acceptors (Lipinski definition) is 6. The van der Waals surface area contributed by atoms with Crippen LogP contribution in [0.2, 0.25) is 0 Å². The molecule has 7 nitrogen and oxygen atoms in total. The second-order valence-corrected chi connectivity index (χ2v) is 9.59. The normalized spacial score (nSPS) is 33.6. The van der Waals surface area contributed by atoms with E-state index in [0.717, 1.165) is 25.3 Å². The van der Waals surface area contributed by atoms with Crippen molar-refractivity contribution in [1.82, 2.24) is 20.1 Å². The molecule has 26 heavy (non-hydrogen) atoms. The van der Waals surface area contributed by atoms with Gasteiger partial charge in [-0.3, -0.25) is 15.8 Å². The fourth-order valence-corrected chi connectivity index (χ4v) is 6.70. The highest BCUT2D eigenvalue weighted by atomic mass is 32.2. The van der Waals surface area contributed by atoms with Crippen molar-refractivity contribution in [2.24, 2.45) is 0 Å². The summed E-state index contributed by atoms with van der Waals surface area (Å²) >= 11 is 0. The lowest BCUT2D eigenvalue weighted by molar-refractivity contribution is 0.103. The van der Waals surface area contributed by atoms with Gasteiger partial charge < -0.3 is 4.74 Å². The molecule has 0 amide bonds. The molecule has 3 aliphatic heterocycles. The lowest BCUT2D eigenvalue weighted by Crippen LogP contribution is -2.54. The summed E-state index contributed by atoms with van der Waals surface area (Å²) in [6, 6.07) is 8.33. The van der Waals surface area contributed by atoms with Gasteiger partial charge in [0.2, 0.25) is 10.0 Å². The maximum atomic E-state index is 13.1. The lowest BCUT2D eigenvalue weighted by Gasteiger charge is -2.41. The average Bonchev–Trinajstić information content (AvgIpc) is 3.00. The lowest BCUT2D eigenvalue weighted by atomic mass is 9.98. The quantitative estimate of drug-likeness (QED) is 0.805. The molecule has 3 unspecified atom stereocenters. The van der Waals surface area contributed by atoms with Gasteiger partial charge in [0.1, 0.15) is 11.0 Å². The number of fused-ring (bicyclic) bond motifs is 1. The van der Waals surface area contributed by atoms with Gasteiger partial charge in [-0.2, -0.15) is 4.31 Å². The molecule has 0 aliphatic carbocycles. The van der Waals surface area contributed by atoms with E-state index in [1.807, 2.05) is 32.0 Å². The van der Waals surface area contributed by atoms with E-state index in [2.05, 4.69) is 21.8 Å². The van der Waals surface area contributed by atoms with Gasteiger partial charge in [-0.05, 0) is 19.9 Å². The Labute approximate surface area is 155 Å². The van der Waals surface area contributed by atoms with Crippen LogP contribution >= 0.6 is 0 Å². The number of rotatable bonds is 3. The number of nitrogens with one attached hydrogen (secondary N) is 2. The standard InChI is InChI=1S/C18H28N4O3S/c1-13-18(14(2)20-19-13)26(23,24)22-10-8-21(9-11-22)16-7-12-25-17-6-4-3-5-15(16)17/h3-6,13-14,16,18-20H,7-12H2,1-2H3. The van der Waals surface area contributed by atoms with Crippen molar-refractivity contribution in [3.8, 4) is 5.75 Å². The second kappa shape index (κ2) is 7.09. The first-order valence-corrected chi connectivity index (χ1v) is 10.9. The highest BCUT2D eigenvalue weighted by molar-refractivity contribution is 7.89. The molecule has 2 fully saturated rings. The van der Waals surface area contributed by atoms with Gasteiger partial charge >= 0.3 is 0 Å². The van der Waals surface area contributed by atoms with Gasteiger partial charge in [0.15, 0.2) is 0 Å². The van der Waals surface area contributed by atoms with Crippen LogP contribution in [0.15, 0.2) is 24.3 Å². The van der Waals surface area contributed by atoms with Crippen molar-refractivity contribution in [1.29, 1.82) is 0 Å². The maximum absolute atomic E-state index is 13.1. The number of piperazine rings is 1. The number of ether oxygens (including phenoxy) is 1. The number of nitrogens with zero attached hydrogens (tertiary/aromatic N) is 2. The van der Waals surface area contributed by atoms with Crippen molar-refractivity contribution >= 4 is 10.0 Å². The SMILES string of the molecule is CC1NNC(C)C1S(=O)(=O)N1CCN(C2CCOc3ccccc32)CC1. The predicted octanol–water partition coefficient (Wildman–Crippen LogP) is 0.711. The highest BCUT2D eigenvalue weighted by Gasteiger charge is 2.44. The summed E-state index contributed by atoms with van der Waals surface area (Å²) in [6.45, 7) is 7.19. The van der Waals surface area contributed by atoms with Crippen LogP contribution < -0.4 is 15.6 Å². The van der Waals surface area contributed by atoms with Gasteiger partial charge in [0.05, 0.1) is 6.61 Å². The Bertz CT molecular complexity index is 739. The third-order valence-corrected chi connectivity index (χ3v) is 8.46. The maximum Gasteiger partial charge on any atom is 0.220 e. The zero-order chi connectivity index (χ0) is 18.3. The van der Waals surface area contributed by atoms with Crippen LogP contribution in [0.25, 0.3) is 0 Å². The molecule has 0 radical (unpaired) electrons. The Hall–Kier alpha value is -1.19. The van der Waals surface area contributed by atoms with Crippen LogP contribution in [0.4, 0.5) is 0 Å². The minimum Gasteiger partial charge on any atom is -0.493 e. The van der Waals surface area contributed by atoms with Crippen LogP contribution in [0.3, 0.4) is 0 Å². The van der Waals surface area contributed by atoms with E-state index < -0.39 is 15.3 Å². The molecule has 8 heteroatoms. The molecular formula is C18H28N4O3S. The fraction of sp³-hybridized carbons (Fsp3) is 0.667. The molecule has 4 rings (SSSR count). The molecule has 144 valence electrons. The smallest absolute Gasteiger partial charge is 0.220 e. The largest absolute Gasteiger partial charge is 0.493 e. The third kappa shape index (κ3) is 3.14. The van der Waals surface area contributed by atoms with E-state index in [1.165, 1.54) is 5.56 Å². The Kier molecular flexibility index (Phi) is 4.96. The van der Waals surface area contributed by atoms with E-state index in [4.69, 9.17) is 4.74 Å².